The highest BCUT2D eigenvalue weighted by atomic mass is 32.2. The highest BCUT2D eigenvalue weighted by Gasteiger charge is 2.30. The van der Waals surface area contributed by atoms with Crippen molar-refractivity contribution < 1.29 is 8.42 Å². The normalized spacial score (nSPS) is 22.6. The number of benzene rings is 1. The number of hydrogen-bond acceptors (Lipinski definition) is 3. The van der Waals surface area contributed by atoms with E-state index < -0.39 is 10.0 Å². The highest BCUT2D eigenvalue weighted by Crippen LogP contribution is 2.36. The van der Waals surface area contributed by atoms with Crippen molar-refractivity contribution >= 4 is 10.0 Å². The molecule has 0 bridgehead atoms. The number of nitrogens with two attached hydrogens (primary N) is 1. The van der Waals surface area contributed by atoms with Gasteiger partial charge in [0.25, 0.3) is 0 Å². The Morgan fingerprint density at radius 2 is 1.95 bits per heavy atom. The Balaban J connectivity index is 1.91. The molecule has 3 N–H and O–H groups in total. The molecule has 0 heterocycles. The van der Waals surface area contributed by atoms with Gasteiger partial charge in [-0.3, -0.25) is 0 Å². The van der Waals surface area contributed by atoms with Crippen LogP contribution in [0.25, 0.3) is 0 Å². The molecule has 0 aliphatic heterocycles. The van der Waals surface area contributed by atoms with E-state index >= 15 is 0 Å². The first-order valence-electron chi connectivity index (χ1n) is 6.61. The summed E-state index contributed by atoms with van der Waals surface area (Å²) in [5.41, 5.74) is 1.52. The van der Waals surface area contributed by atoms with Crippen LogP contribution < -0.4 is 10.5 Å². The molecular weight excluding hydrogens is 260 g/mol. The standard InChI is InChI=1S/C14H22N2O2S/c1-14(2)8-7-12(9-14)16-10-11-3-5-13(6-4-11)19(15,17)18/h3-6,12,16H,7-10H2,1-2H3,(H2,15,17,18). The molecule has 2 rings (SSSR count). The van der Waals surface area contributed by atoms with Gasteiger partial charge in [0.05, 0.1) is 4.90 Å². The lowest BCUT2D eigenvalue weighted by atomic mass is 9.92. The van der Waals surface area contributed by atoms with Crippen LogP contribution in [0.3, 0.4) is 0 Å². The summed E-state index contributed by atoms with van der Waals surface area (Å²) in [7, 11) is -3.59. The predicted molar refractivity (Wildman–Crippen MR) is 76.1 cm³/mol. The maximum Gasteiger partial charge on any atom is 0.238 e. The maximum atomic E-state index is 11.1. The number of nitrogens with one attached hydrogen (secondary N) is 1. The van der Waals surface area contributed by atoms with Crippen LogP contribution in [0.2, 0.25) is 0 Å². The molecule has 0 saturated heterocycles. The van der Waals surface area contributed by atoms with E-state index in [2.05, 4.69) is 19.2 Å². The summed E-state index contributed by atoms with van der Waals surface area (Å²) in [5.74, 6) is 0. The third-order valence-corrected chi connectivity index (χ3v) is 4.74. The lowest BCUT2D eigenvalue weighted by Crippen LogP contribution is -2.26. The van der Waals surface area contributed by atoms with Gasteiger partial charge in [-0.15, -0.1) is 0 Å². The Labute approximate surface area is 115 Å². The quantitative estimate of drug-likeness (QED) is 0.887. The monoisotopic (exact) mass is 282 g/mol. The van der Waals surface area contributed by atoms with E-state index in [1.807, 2.05) is 12.1 Å². The molecule has 1 aliphatic carbocycles. The van der Waals surface area contributed by atoms with Crippen molar-refractivity contribution in [2.24, 2.45) is 10.6 Å². The lowest BCUT2D eigenvalue weighted by molar-refractivity contribution is 0.364. The zero-order chi connectivity index (χ0) is 14.1. The minimum Gasteiger partial charge on any atom is -0.310 e. The molecule has 1 unspecified atom stereocenters. The number of rotatable bonds is 4. The van der Waals surface area contributed by atoms with Crippen molar-refractivity contribution in [2.75, 3.05) is 0 Å². The second-order valence-electron chi connectivity index (χ2n) is 6.17. The van der Waals surface area contributed by atoms with E-state index in [0.717, 1.165) is 12.1 Å². The maximum absolute atomic E-state index is 11.1. The van der Waals surface area contributed by atoms with Crippen molar-refractivity contribution in [3.05, 3.63) is 29.8 Å². The predicted octanol–water partition coefficient (Wildman–Crippen LogP) is 2.00. The van der Waals surface area contributed by atoms with E-state index in [4.69, 9.17) is 5.14 Å². The summed E-state index contributed by atoms with van der Waals surface area (Å²) in [5, 5.41) is 8.60. The van der Waals surface area contributed by atoms with E-state index in [1.54, 1.807) is 12.1 Å². The summed E-state index contributed by atoms with van der Waals surface area (Å²) in [6, 6.07) is 7.31. The van der Waals surface area contributed by atoms with E-state index in [0.29, 0.717) is 11.5 Å². The number of hydrogen-bond donors (Lipinski definition) is 2. The minimum absolute atomic E-state index is 0.165. The molecule has 106 valence electrons. The Kier molecular flexibility index (Phi) is 3.99. The van der Waals surface area contributed by atoms with Crippen LogP contribution >= 0.6 is 0 Å². The van der Waals surface area contributed by atoms with Crippen molar-refractivity contribution in [1.82, 2.24) is 5.32 Å². The van der Waals surface area contributed by atoms with Gasteiger partial charge in [-0.25, -0.2) is 13.6 Å². The Bertz CT molecular complexity index is 535. The minimum atomic E-state index is -3.59. The van der Waals surface area contributed by atoms with Crippen molar-refractivity contribution in [2.45, 2.75) is 50.6 Å². The molecule has 1 aromatic rings. The van der Waals surface area contributed by atoms with Gasteiger partial charge in [-0.05, 0) is 42.4 Å². The molecule has 1 atom stereocenters. The molecular formula is C14H22N2O2S. The molecule has 4 nitrogen and oxygen atoms in total. The summed E-state index contributed by atoms with van der Waals surface area (Å²) >= 11 is 0. The van der Waals surface area contributed by atoms with Gasteiger partial charge in [0.15, 0.2) is 0 Å². The summed E-state index contributed by atoms with van der Waals surface area (Å²) < 4.78 is 22.3. The van der Waals surface area contributed by atoms with Crippen molar-refractivity contribution in [3.8, 4) is 0 Å². The summed E-state index contributed by atoms with van der Waals surface area (Å²) in [6.45, 7) is 5.37. The second kappa shape index (κ2) is 5.23. The zero-order valence-electron chi connectivity index (χ0n) is 11.5. The smallest absolute Gasteiger partial charge is 0.238 e. The highest BCUT2D eigenvalue weighted by molar-refractivity contribution is 7.89. The molecule has 0 radical (unpaired) electrons. The van der Waals surface area contributed by atoms with Gasteiger partial charge in [0, 0.05) is 12.6 Å². The molecule has 19 heavy (non-hydrogen) atoms. The fourth-order valence-corrected chi connectivity index (χ4v) is 3.18. The first-order chi connectivity index (χ1) is 8.76. The van der Waals surface area contributed by atoms with Gasteiger partial charge in [0.1, 0.15) is 0 Å². The second-order valence-corrected chi connectivity index (χ2v) is 7.74. The Hall–Kier alpha value is -0.910. The lowest BCUT2D eigenvalue weighted by Gasteiger charge is -2.18. The molecule has 1 fully saturated rings. The molecule has 1 aliphatic rings. The van der Waals surface area contributed by atoms with Gasteiger partial charge in [-0.1, -0.05) is 26.0 Å². The third kappa shape index (κ3) is 4.03. The molecule has 0 amide bonds. The SMILES string of the molecule is CC1(C)CCC(NCc2ccc(S(N)(=O)=O)cc2)C1. The van der Waals surface area contributed by atoms with Crippen LogP contribution in [0.4, 0.5) is 0 Å². The molecule has 1 saturated carbocycles. The number of sulfonamides is 1. The average Bonchev–Trinajstić information content (AvgIpc) is 2.66. The first kappa shape index (κ1) is 14.5. The Morgan fingerprint density at radius 1 is 1.32 bits per heavy atom. The fraction of sp³-hybridized carbons (Fsp3) is 0.571. The molecule has 5 heteroatoms. The van der Waals surface area contributed by atoms with Crippen LogP contribution in [0.5, 0.6) is 0 Å². The van der Waals surface area contributed by atoms with Crippen LogP contribution in [-0.4, -0.2) is 14.5 Å². The zero-order valence-corrected chi connectivity index (χ0v) is 12.3. The summed E-state index contributed by atoms with van der Waals surface area (Å²) in [6.07, 6.45) is 3.67. The summed E-state index contributed by atoms with van der Waals surface area (Å²) in [4.78, 5) is 0.165. The molecule has 0 aromatic heterocycles. The first-order valence-corrected chi connectivity index (χ1v) is 8.16. The van der Waals surface area contributed by atoms with Gasteiger partial charge in [-0.2, -0.15) is 0 Å². The number of primary sulfonamides is 1. The van der Waals surface area contributed by atoms with E-state index in [-0.39, 0.29) is 4.90 Å². The topological polar surface area (TPSA) is 72.2 Å². The van der Waals surface area contributed by atoms with Gasteiger partial charge >= 0.3 is 0 Å². The largest absolute Gasteiger partial charge is 0.310 e. The van der Waals surface area contributed by atoms with E-state index in [1.165, 1.54) is 19.3 Å². The van der Waals surface area contributed by atoms with Crippen molar-refractivity contribution in [3.63, 3.8) is 0 Å². The average molecular weight is 282 g/mol. The van der Waals surface area contributed by atoms with Crippen LogP contribution in [0, 0.1) is 5.41 Å². The van der Waals surface area contributed by atoms with Crippen LogP contribution in [0.1, 0.15) is 38.7 Å². The van der Waals surface area contributed by atoms with Crippen LogP contribution in [-0.2, 0) is 16.6 Å². The third-order valence-electron chi connectivity index (χ3n) is 3.82. The van der Waals surface area contributed by atoms with Crippen LogP contribution in [0.15, 0.2) is 29.2 Å². The van der Waals surface area contributed by atoms with E-state index in [9.17, 15) is 8.42 Å². The fourth-order valence-electron chi connectivity index (χ4n) is 2.67. The van der Waals surface area contributed by atoms with Crippen molar-refractivity contribution in [1.29, 1.82) is 0 Å². The molecule has 1 aromatic carbocycles. The molecule has 0 spiro atoms. The van der Waals surface area contributed by atoms with Gasteiger partial charge in [0.2, 0.25) is 10.0 Å². The van der Waals surface area contributed by atoms with Gasteiger partial charge < -0.3 is 5.32 Å². The Morgan fingerprint density at radius 3 is 2.42 bits per heavy atom.